The largest absolute Gasteiger partial charge is 0.453 e. The molecule has 230 valence electrons. The molecule has 4 amide bonds. The first-order valence-electron chi connectivity index (χ1n) is 14.0. The van der Waals surface area contributed by atoms with Gasteiger partial charge in [-0.05, 0) is 56.7 Å². The Bertz CT molecular complexity index is 1690. The number of imide groups is 1. The van der Waals surface area contributed by atoms with Gasteiger partial charge in [0.25, 0.3) is 0 Å². The van der Waals surface area contributed by atoms with Crippen molar-refractivity contribution in [3.05, 3.63) is 66.4 Å². The fourth-order valence-electron chi connectivity index (χ4n) is 4.78. The lowest BCUT2D eigenvalue weighted by molar-refractivity contribution is -0.132. The molecule has 0 aliphatic carbocycles. The lowest BCUT2D eigenvalue weighted by Crippen LogP contribution is -2.61. The van der Waals surface area contributed by atoms with Crippen molar-refractivity contribution >= 4 is 46.1 Å². The van der Waals surface area contributed by atoms with Gasteiger partial charge < -0.3 is 25.4 Å². The molecule has 0 radical (unpaired) electrons. The van der Waals surface area contributed by atoms with Crippen LogP contribution in [0, 0.1) is 17.6 Å². The molecule has 1 aliphatic heterocycles. The third kappa shape index (κ3) is 6.01. The molecule has 0 bridgehead atoms. The number of nitrogens with one attached hydrogen (secondary N) is 3. The molecule has 44 heavy (non-hydrogen) atoms. The molecule has 0 saturated carbocycles. The summed E-state index contributed by atoms with van der Waals surface area (Å²) in [6.45, 7) is 5.09. The number of aromatic amines is 1. The molecule has 0 spiro atoms. The molecule has 1 saturated heterocycles. The number of aromatic nitrogens is 3. The first-order chi connectivity index (χ1) is 21.1. The standard InChI is InChI=1S/C30H31F2N7O5/c1-4-18(15-40)34-27-25-24(11-12-33-26(25)36-37-27)44-23-10-7-19(13-22(23)32)35-28(41)21-14-38(16(2)3)30(43)39(29(21)42)20-8-5-17(31)6-9-20/h5-13,16,18,21,40H,4,14-15H2,1-3H3,(H,35,41)(H2,33,34,36,37)/t18-,21?/m0/s1. The lowest BCUT2D eigenvalue weighted by Gasteiger charge is -2.39. The van der Waals surface area contributed by atoms with Crippen LogP contribution < -0.4 is 20.3 Å². The molecule has 1 unspecified atom stereocenters. The van der Waals surface area contributed by atoms with Crippen molar-refractivity contribution in [1.29, 1.82) is 0 Å². The highest BCUT2D eigenvalue weighted by atomic mass is 19.1. The van der Waals surface area contributed by atoms with Gasteiger partial charge in [0.1, 0.15) is 22.9 Å². The first kappa shape index (κ1) is 30.4. The molecule has 4 N–H and O–H groups in total. The smallest absolute Gasteiger partial charge is 0.331 e. The van der Waals surface area contributed by atoms with Crippen molar-refractivity contribution in [2.75, 3.05) is 28.7 Å². The van der Waals surface area contributed by atoms with E-state index < -0.39 is 35.4 Å². The van der Waals surface area contributed by atoms with E-state index >= 15 is 4.39 Å². The molecular formula is C30H31F2N7O5. The fraction of sp³-hybridized carbons (Fsp3) is 0.300. The summed E-state index contributed by atoms with van der Waals surface area (Å²) in [6.07, 6.45) is 2.10. The summed E-state index contributed by atoms with van der Waals surface area (Å²) in [5.74, 6) is -3.68. The number of amides is 4. The molecule has 12 nitrogen and oxygen atoms in total. The maximum Gasteiger partial charge on any atom is 0.331 e. The Morgan fingerprint density at radius 3 is 2.55 bits per heavy atom. The van der Waals surface area contributed by atoms with Gasteiger partial charge in [-0.15, -0.1) is 0 Å². The van der Waals surface area contributed by atoms with E-state index in [4.69, 9.17) is 4.74 Å². The number of carbonyl (C=O) groups is 3. The molecule has 5 rings (SSSR count). The normalized spacial score (nSPS) is 16.0. The predicted octanol–water partition coefficient (Wildman–Crippen LogP) is 4.64. The Kier molecular flexibility index (Phi) is 8.71. The summed E-state index contributed by atoms with van der Waals surface area (Å²) in [4.78, 5) is 46.2. The number of hydrogen-bond acceptors (Lipinski definition) is 8. The van der Waals surface area contributed by atoms with Crippen molar-refractivity contribution in [2.24, 2.45) is 5.92 Å². The van der Waals surface area contributed by atoms with Gasteiger partial charge in [-0.1, -0.05) is 6.92 Å². The van der Waals surface area contributed by atoms with Gasteiger partial charge in [0, 0.05) is 36.6 Å². The highest BCUT2D eigenvalue weighted by Crippen LogP contribution is 2.35. The van der Waals surface area contributed by atoms with Crippen LogP contribution in [0.4, 0.5) is 30.8 Å². The summed E-state index contributed by atoms with van der Waals surface area (Å²) < 4.78 is 34.6. The first-order valence-corrected chi connectivity index (χ1v) is 14.0. The molecule has 2 aromatic heterocycles. The molecule has 3 heterocycles. The minimum Gasteiger partial charge on any atom is -0.453 e. The number of fused-ring (bicyclic) bond motifs is 1. The summed E-state index contributed by atoms with van der Waals surface area (Å²) in [5, 5.41) is 22.7. The van der Waals surface area contributed by atoms with Crippen LogP contribution in [0.5, 0.6) is 11.5 Å². The zero-order valence-electron chi connectivity index (χ0n) is 24.2. The maximum absolute atomic E-state index is 15.3. The molecule has 2 atom stereocenters. The molecule has 1 fully saturated rings. The predicted molar refractivity (Wildman–Crippen MR) is 158 cm³/mol. The summed E-state index contributed by atoms with van der Waals surface area (Å²) in [7, 11) is 0. The van der Waals surface area contributed by atoms with Crippen molar-refractivity contribution < 1.29 is 33.0 Å². The number of hydrogen-bond donors (Lipinski definition) is 4. The monoisotopic (exact) mass is 607 g/mol. The van der Waals surface area contributed by atoms with E-state index in [2.05, 4.69) is 25.8 Å². The number of rotatable bonds is 10. The summed E-state index contributed by atoms with van der Waals surface area (Å²) in [5.41, 5.74) is 0.580. The van der Waals surface area contributed by atoms with Crippen molar-refractivity contribution in [3.63, 3.8) is 0 Å². The molecule has 2 aromatic carbocycles. The minimum absolute atomic E-state index is 0.0632. The second-order valence-corrected chi connectivity index (χ2v) is 10.5. The van der Waals surface area contributed by atoms with Crippen LogP contribution in [0.3, 0.4) is 0 Å². The third-order valence-corrected chi connectivity index (χ3v) is 7.26. The fourth-order valence-corrected chi connectivity index (χ4v) is 4.78. The van der Waals surface area contributed by atoms with E-state index in [1.165, 1.54) is 35.4 Å². The topological polar surface area (TPSA) is 153 Å². The Hall–Kier alpha value is -5.11. The van der Waals surface area contributed by atoms with Crippen molar-refractivity contribution in [2.45, 2.75) is 39.3 Å². The Labute approximate surface area is 251 Å². The Balaban J connectivity index is 1.35. The van der Waals surface area contributed by atoms with Gasteiger partial charge in [0.2, 0.25) is 11.8 Å². The van der Waals surface area contributed by atoms with E-state index in [-0.39, 0.29) is 48.1 Å². The number of urea groups is 1. The van der Waals surface area contributed by atoms with Gasteiger partial charge in [0.15, 0.2) is 23.0 Å². The van der Waals surface area contributed by atoms with Crippen LogP contribution in [-0.4, -0.2) is 68.3 Å². The van der Waals surface area contributed by atoms with Crippen LogP contribution in [0.1, 0.15) is 27.2 Å². The summed E-state index contributed by atoms with van der Waals surface area (Å²) in [6, 6.07) is 8.89. The van der Waals surface area contributed by atoms with Gasteiger partial charge >= 0.3 is 6.03 Å². The molecule has 4 aromatic rings. The van der Waals surface area contributed by atoms with E-state index in [1.807, 2.05) is 6.92 Å². The van der Waals surface area contributed by atoms with Gasteiger partial charge in [-0.2, -0.15) is 5.10 Å². The quantitative estimate of drug-likeness (QED) is 0.190. The second-order valence-electron chi connectivity index (χ2n) is 10.5. The number of anilines is 3. The average Bonchev–Trinajstić information content (AvgIpc) is 3.41. The van der Waals surface area contributed by atoms with E-state index in [0.717, 1.165) is 23.1 Å². The molecular weight excluding hydrogens is 576 g/mol. The number of nitrogens with zero attached hydrogens (tertiary/aromatic N) is 4. The highest BCUT2D eigenvalue weighted by Gasteiger charge is 2.44. The third-order valence-electron chi connectivity index (χ3n) is 7.26. The number of aliphatic hydroxyl groups is 1. The van der Waals surface area contributed by atoms with Crippen LogP contribution in [0.25, 0.3) is 11.0 Å². The van der Waals surface area contributed by atoms with Crippen LogP contribution >= 0.6 is 0 Å². The van der Waals surface area contributed by atoms with Crippen LogP contribution in [0.2, 0.25) is 0 Å². The van der Waals surface area contributed by atoms with E-state index in [1.54, 1.807) is 19.9 Å². The number of ether oxygens (including phenoxy) is 1. The minimum atomic E-state index is -1.30. The van der Waals surface area contributed by atoms with E-state index in [0.29, 0.717) is 23.3 Å². The number of pyridine rings is 1. The SMILES string of the molecule is CC[C@@H](CO)Nc1n[nH]c2nccc(Oc3ccc(NC(=O)C4CN(C(C)C)C(=O)N(c5ccc(F)cc5)C4=O)cc3F)c12. The zero-order valence-corrected chi connectivity index (χ0v) is 24.2. The van der Waals surface area contributed by atoms with Crippen molar-refractivity contribution in [3.8, 4) is 11.5 Å². The van der Waals surface area contributed by atoms with Crippen LogP contribution in [-0.2, 0) is 9.59 Å². The number of halogens is 2. The average molecular weight is 608 g/mol. The zero-order chi connectivity index (χ0) is 31.5. The number of H-pyrrole nitrogens is 1. The second kappa shape index (κ2) is 12.6. The maximum atomic E-state index is 15.3. The van der Waals surface area contributed by atoms with Gasteiger partial charge in [0.05, 0.1) is 18.3 Å². The van der Waals surface area contributed by atoms with Crippen molar-refractivity contribution in [1.82, 2.24) is 20.1 Å². The number of benzene rings is 2. The van der Waals surface area contributed by atoms with E-state index in [9.17, 15) is 23.9 Å². The van der Waals surface area contributed by atoms with Crippen LogP contribution in [0.15, 0.2) is 54.7 Å². The Morgan fingerprint density at radius 2 is 1.89 bits per heavy atom. The highest BCUT2D eigenvalue weighted by molar-refractivity contribution is 6.23. The van der Waals surface area contributed by atoms with Gasteiger partial charge in [-0.3, -0.25) is 14.7 Å². The Morgan fingerprint density at radius 1 is 1.14 bits per heavy atom. The summed E-state index contributed by atoms with van der Waals surface area (Å²) >= 11 is 0. The number of carbonyl (C=O) groups excluding carboxylic acids is 3. The number of aliphatic hydroxyl groups excluding tert-OH is 1. The molecule has 1 aliphatic rings. The van der Waals surface area contributed by atoms with Gasteiger partial charge in [-0.25, -0.2) is 23.5 Å². The molecule has 14 heteroatoms. The lowest BCUT2D eigenvalue weighted by atomic mass is 10.0.